The highest BCUT2D eigenvalue weighted by Crippen LogP contribution is 2.33. The highest BCUT2D eigenvalue weighted by atomic mass is 35.5. The molecule has 0 bridgehead atoms. The van der Waals surface area contributed by atoms with E-state index in [-0.39, 0.29) is 19.0 Å². The summed E-state index contributed by atoms with van der Waals surface area (Å²) in [5.74, 6) is -5.98. The van der Waals surface area contributed by atoms with Gasteiger partial charge < -0.3 is 14.8 Å². The van der Waals surface area contributed by atoms with Gasteiger partial charge in [-0.3, -0.25) is 19.5 Å². The van der Waals surface area contributed by atoms with Gasteiger partial charge in [-0.05, 0) is 24.6 Å². The molecule has 1 fully saturated rings. The molecule has 1 aliphatic heterocycles. The molecule has 1 aliphatic rings. The number of nitrogens with one attached hydrogen (secondary N) is 1. The van der Waals surface area contributed by atoms with Crippen molar-refractivity contribution in [1.29, 1.82) is 0 Å². The molecule has 2 aromatic rings. The summed E-state index contributed by atoms with van der Waals surface area (Å²) in [6.45, 7) is -1.32. The van der Waals surface area contributed by atoms with Crippen molar-refractivity contribution in [2.24, 2.45) is 5.10 Å². The number of benzene rings is 2. The minimum atomic E-state index is -4.82. The van der Waals surface area contributed by atoms with E-state index in [0.717, 1.165) is 17.1 Å². The van der Waals surface area contributed by atoms with Crippen LogP contribution in [-0.4, -0.2) is 62.6 Å². The van der Waals surface area contributed by atoms with Gasteiger partial charge in [0.1, 0.15) is 18.2 Å². The topological polar surface area (TPSA) is 83.5 Å². The van der Waals surface area contributed by atoms with Crippen LogP contribution in [0.5, 0.6) is 5.75 Å². The molecule has 0 aromatic heterocycles. The van der Waals surface area contributed by atoms with Gasteiger partial charge in [0.25, 0.3) is 5.91 Å². The SMILES string of the molecule is CN(/N=C1/COCCCN1C=O)c1cc(OCC(F)(F)F)c(C(=O)Nc2c(Cl)ccc(F)c2F)cc1F. The maximum absolute atomic E-state index is 15.0. The molecule has 1 heterocycles. The number of carbonyl (C=O) groups is 2. The van der Waals surface area contributed by atoms with E-state index in [9.17, 15) is 31.5 Å². The number of rotatable bonds is 7. The number of hydrogen-bond acceptors (Lipinski definition) is 6. The molecule has 8 nitrogen and oxygen atoms in total. The lowest BCUT2D eigenvalue weighted by molar-refractivity contribution is -0.153. The molecule has 0 aliphatic carbocycles. The molecule has 1 saturated heterocycles. The molecule has 15 heteroatoms. The minimum absolute atomic E-state index is 0.0947. The van der Waals surface area contributed by atoms with Gasteiger partial charge in [-0.2, -0.15) is 18.3 Å². The molecule has 2 aromatic carbocycles. The summed E-state index contributed by atoms with van der Waals surface area (Å²) in [4.78, 5) is 25.3. The number of anilines is 2. The van der Waals surface area contributed by atoms with Crippen LogP contribution in [0.4, 0.5) is 37.7 Å². The van der Waals surface area contributed by atoms with Crippen LogP contribution in [0.15, 0.2) is 29.4 Å². The second kappa shape index (κ2) is 11.7. The first-order chi connectivity index (χ1) is 17.4. The Labute approximate surface area is 211 Å². The number of hydrogen-bond donors (Lipinski definition) is 1. The zero-order valence-electron chi connectivity index (χ0n) is 19.0. The van der Waals surface area contributed by atoms with E-state index in [0.29, 0.717) is 31.6 Å². The van der Waals surface area contributed by atoms with Gasteiger partial charge in [-0.1, -0.05) is 11.6 Å². The van der Waals surface area contributed by atoms with Crippen molar-refractivity contribution in [3.63, 3.8) is 0 Å². The van der Waals surface area contributed by atoms with Crippen molar-refractivity contribution >= 4 is 41.1 Å². The Balaban J connectivity index is 2.01. The summed E-state index contributed by atoms with van der Waals surface area (Å²) >= 11 is 5.78. The standard InChI is InChI=1S/C22H19ClF6N4O4/c1-32(31-18-9-36-6-2-5-33(18)11-34)16-8-17(37-10-22(27,28)29)12(7-15(16)25)21(35)30-20-13(23)3-4-14(24)19(20)26/h3-4,7-8,11H,2,5-6,9-10H2,1H3,(H,30,35)/b31-18-. The van der Waals surface area contributed by atoms with E-state index < -0.39 is 63.9 Å². The Morgan fingerprint density at radius 2 is 2.00 bits per heavy atom. The lowest BCUT2D eigenvalue weighted by atomic mass is 10.1. The molecule has 0 spiro atoms. The number of ether oxygens (including phenoxy) is 2. The van der Waals surface area contributed by atoms with Crippen LogP contribution in [0.2, 0.25) is 5.02 Å². The predicted molar refractivity (Wildman–Crippen MR) is 121 cm³/mol. The fourth-order valence-electron chi connectivity index (χ4n) is 3.21. The van der Waals surface area contributed by atoms with E-state index in [1.807, 2.05) is 5.32 Å². The Hall–Kier alpha value is -3.52. The molecule has 3 rings (SSSR count). The van der Waals surface area contributed by atoms with E-state index in [2.05, 4.69) is 5.10 Å². The Morgan fingerprint density at radius 3 is 2.68 bits per heavy atom. The van der Waals surface area contributed by atoms with E-state index >= 15 is 4.39 Å². The number of amides is 2. The fourth-order valence-corrected chi connectivity index (χ4v) is 3.40. The average molecular weight is 553 g/mol. The molecule has 0 atom stereocenters. The zero-order chi connectivity index (χ0) is 27.3. The first-order valence-corrected chi connectivity index (χ1v) is 10.9. The molecule has 0 radical (unpaired) electrons. The summed E-state index contributed by atoms with van der Waals surface area (Å²) in [6, 6.07) is 2.95. The number of alkyl halides is 3. The van der Waals surface area contributed by atoms with Gasteiger partial charge in [0.15, 0.2) is 24.1 Å². The highest BCUT2D eigenvalue weighted by molar-refractivity contribution is 6.34. The summed E-state index contributed by atoms with van der Waals surface area (Å²) in [5.41, 5.74) is -1.99. The number of carbonyl (C=O) groups excluding carboxylic acids is 2. The van der Waals surface area contributed by atoms with Gasteiger partial charge >= 0.3 is 6.18 Å². The van der Waals surface area contributed by atoms with Crippen molar-refractivity contribution in [3.05, 3.63) is 52.3 Å². The highest BCUT2D eigenvalue weighted by Gasteiger charge is 2.30. The molecule has 1 N–H and O–H groups in total. The molecular formula is C22H19ClF6N4O4. The lowest BCUT2D eigenvalue weighted by Crippen LogP contribution is -2.34. The molecule has 0 saturated carbocycles. The van der Waals surface area contributed by atoms with Gasteiger partial charge in [0, 0.05) is 26.3 Å². The van der Waals surface area contributed by atoms with E-state index in [1.54, 1.807) is 0 Å². The van der Waals surface area contributed by atoms with Gasteiger partial charge in [0.05, 0.1) is 22.0 Å². The Kier molecular flexibility index (Phi) is 8.86. The second-order valence-electron chi connectivity index (χ2n) is 7.62. The fraction of sp³-hybridized carbons (Fsp3) is 0.318. The summed E-state index contributed by atoms with van der Waals surface area (Å²) in [7, 11) is 1.24. The molecular weight excluding hydrogens is 534 g/mol. The predicted octanol–water partition coefficient (Wildman–Crippen LogP) is 4.58. The van der Waals surface area contributed by atoms with Crippen LogP contribution in [0.3, 0.4) is 0 Å². The van der Waals surface area contributed by atoms with Crippen LogP contribution >= 0.6 is 11.6 Å². The number of nitrogens with zero attached hydrogens (tertiary/aromatic N) is 3. The van der Waals surface area contributed by atoms with Crippen molar-refractivity contribution in [2.45, 2.75) is 12.6 Å². The summed E-state index contributed by atoms with van der Waals surface area (Å²) in [5, 5.41) is 6.52. The lowest BCUT2D eigenvalue weighted by Gasteiger charge is -2.22. The smallest absolute Gasteiger partial charge is 0.422 e. The largest absolute Gasteiger partial charge is 0.483 e. The zero-order valence-corrected chi connectivity index (χ0v) is 19.8. The molecule has 200 valence electrons. The Bertz CT molecular complexity index is 1210. The number of amidine groups is 1. The summed E-state index contributed by atoms with van der Waals surface area (Å²) < 4.78 is 91.3. The van der Waals surface area contributed by atoms with Gasteiger partial charge in [-0.25, -0.2) is 13.2 Å². The maximum atomic E-state index is 15.0. The first-order valence-electron chi connectivity index (χ1n) is 10.5. The van der Waals surface area contributed by atoms with Crippen LogP contribution in [0.25, 0.3) is 0 Å². The quantitative estimate of drug-likeness (QED) is 0.235. The van der Waals surface area contributed by atoms with Crippen molar-refractivity contribution in [1.82, 2.24) is 4.90 Å². The normalized spacial score (nSPS) is 15.4. The average Bonchev–Trinajstić information content (AvgIpc) is 3.07. The van der Waals surface area contributed by atoms with Gasteiger partial charge in [-0.15, -0.1) is 0 Å². The maximum Gasteiger partial charge on any atom is 0.422 e. The molecule has 2 amide bonds. The van der Waals surface area contributed by atoms with Crippen molar-refractivity contribution < 1.29 is 45.4 Å². The minimum Gasteiger partial charge on any atom is -0.483 e. The van der Waals surface area contributed by atoms with Crippen LogP contribution in [0, 0.1) is 17.5 Å². The van der Waals surface area contributed by atoms with Gasteiger partial charge in [0.2, 0.25) is 6.41 Å². The van der Waals surface area contributed by atoms with Crippen LogP contribution in [0.1, 0.15) is 16.8 Å². The number of halogens is 7. The molecule has 0 unspecified atom stereocenters. The van der Waals surface area contributed by atoms with E-state index in [1.165, 1.54) is 11.9 Å². The summed E-state index contributed by atoms with van der Waals surface area (Å²) in [6.07, 6.45) is -3.81. The Morgan fingerprint density at radius 1 is 1.27 bits per heavy atom. The van der Waals surface area contributed by atoms with E-state index in [4.69, 9.17) is 21.1 Å². The molecule has 37 heavy (non-hydrogen) atoms. The third kappa shape index (κ3) is 7.04. The third-order valence-corrected chi connectivity index (χ3v) is 5.27. The van der Waals surface area contributed by atoms with Crippen LogP contribution < -0.4 is 15.1 Å². The third-order valence-electron chi connectivity index (χ3n) is 4.96. The monoisotopic (exact) mass is 552 g/mol. The van der Waals surface area contributed by atoms with Crippen molar-refractivity contribution in [2.75, 3.05) is 43.7 Å². The van der Waals surface area contributed by atoms with Crippen LogP contribution in [-0.2, 0) is 9.53 Å². The second-order valence-corrected chi connectivity index (χ2v) is 8.03. The first kappa shape index (κ1) is 28.1. The van der Waals surface area contributed by atoms with Crippen molar-refractivity contribution in [3.8, 4) is 5.75 Å². The number of hydrazone groups is 1.